The van der Waals surface area contributed by atoms with Crippen LogP contribution in [0.2, 0.25) is 0 Å². The molecule has 2 heterocycles. The molecule has 7 fully saturated rings. The fourth-order valence-electron chi connectivity index (χ4n) is 13.2. The first-order chi connectivity index (χ1) is 23.8. The van der Waals surface area contributed by atoms with Gasteiger partial charge in [-0.3, -0.25) is 14.5 Å². The highest BCUT2D eigenvalue weighted by molar-refractivity contribution is 14.1. The molecule has 1 aromatic carbocycles. The van der Waals surface area contributed by atoms with E-state index in [4.69, 9.17) is 23.7 Å². The number of halogens is 1. The van der Waals surface area contributed by atoms with Gasteiger partial charge in [-0.15, -0.1) is 0 Å². The summed E-state index contributed by atoms with van der Waals surface area (Å²) < 4.78 is 32.2. The van der Waals surface area contributed by atoms with E-state index in [0.717, 1.165) is 14.9 Å². The SMILES string of the molecule is CCN1C[C@]2(COC(=O)c3cc([125I])ccc3N3C(=O)C[C@H](C)C3=O)CC[C@H](OC)[C@@]34C2[C@H](OC)[C@](O)([C@@H]13)[C@@]1(O)C[C@H](OC)[C@H]2C[C@@H]4[C@@H]1[C@H]2OC. The summed E-state index contributed by atoms with van der Waals surface area (Å²) in [6, 6.07) is 4.59. The molecule has 5 saturated carbocycles. The van der Waals surface area contributed by atoms with Crippen molar-refractivity contribution in [3.05, 3.63) is 27.3 Å². The highest BCUT2D eigenvalue weighted by atomic mass is 125. The normalized spacial score (nSPS) is 47.3. The quantitative estimate of drug-likeness (QED) is 0.216. The highest BCUT2D eigenvalue weighted by Gasteiger charge is 2.91. The van der Waals surface area contributed by atoms with Gasteiger partial charge < -0.3 is 33.9 Å². The Kier molecular flexibility index (Phi) is 8.40. The van der Waals surface area contributed by atoms with E-state index >= 15 is 0 Å². The van der Waals surface area contributed by atoms with Crippen molar-refractivity contribution in [1.82, 2.24) is 4.90 Å². The van der Waals surface area contributed by atoms with Gasteiger partial charge in [0, 0.05) is 85.9 Å². The fraction of sp³-hybridized carbons (Fsp3) is 0.757. The lowest BCUT2D eigenvalue weighted by Crippen LogP contribution is -2.82. The zero-order valence-corrected chi connectivity index (χ0v) is 31.8. The molecule has 12 nitrogen and oxygen atoms in total. The van der Waals surface area contributed by atoms with E-state index in [0.29, 0.717) is 25.9 Å². The number of carbonyl (C=O) groups is 3. The van der Waals surface area contributed by atoms with Crippen LogP contribution in [0.1, 0.15) is 56.3 Å². The molecule has 13 heteroatoms. The molecule has 1 spiro atoms. The Hall–Kier alpha value is -1.72. The molecule has 14 atom stereocenters. The Labute approximate surface area is 306 Å². The number of benzene rings is 1. The first-order valence-corrected chi connectivity index (χ1v) is 19.1. The minimum atomic E-state index is -1.70. The number of methoxy groups -OCH3 is 4. The third-order valence-corrected chi connectivity index (χ3v) is 15.3. The van der Waals surface area contributed by atoms with Gasteiger partial charge in [0.05, 0.1) is 48.3 Å². The Morgan fingerprint density at radius 2 is 1.84 bits per heavy atom. The molecule has 8 rings (SSSR count). The predicted octanol–water partition coefficient (Wildman–Crippen LogP) is 2.64. The average Bonchev–Trinajstić information content (AvgIpc) is 3.63. The van der Waals surface area contributed by atoms with E-state index in [2.05, 4.69) is 34.4 Å². The number of aliphatic hydroxyl groups is 2. The number of amides is 2. The van der Waals surface area contributed by atoms with Gasteiger partial charge in [-0.05, 0) is 72.5 Å². The van der Waals surface area contributed by atoms with Gasteiger partial charge in [0.25, 0.3) is 0 Å². The molecular weight excluding hydrogens is 757 g/mol. The minimum absolute atomic E-state index is 0.0324. The number of likely N-dealkylation sites (tertiary alicyclic amines) is 1. The predicted molar refractivity (Wildman–Crippen MR) is 187 cm³/mol. The van der Waals surface area contributed by atoms with Crippen molar-refractivity contribution >= 4 is 46.1 Å². The van der Waals surface area contributed by atoms with Gasteiger partial charge in [-0.25, -0.2) is 9.69 Å². The number of imide groups is 1. The van der Waals surface area contributed by atoms with Crippen molar-refractivity contribution in [1.29, 1.82) is 0 Å². The van der Waals surface area contributed by atoms with Gasteiger partial charge in [0.1, 0.15) is 11.2 Å². The molecule has 50 heavy (non-hydrogen) atoms. The van der Waals surface area contributed by atoms with E-state index in [1.165, 1.54) is 0 Å². The molecule has 2 saturated heterocycles. The summed E-state index contributed by atoms with van der Waals surface area (Å²) >= 11 is 2.11. The molecule has 2 N–H and O–H groups in total. The highest BCUT2D eigenvalue weighted by Crippen LogP contribution is 2.80. The van der Waals surface area contributed by atoms with Gasteiger partial charge in [0.15, 0.2) is 0 Å². The van der Waals surface area contributed by atoms with Crippen LogP contribution in [-0.4, -0.2) is 123 Å². The summed E-state index contributed by atoms with van der Waals surface area (Å²) in [7, 11) is 6.71. The summed E-state index contributed by atoms with van der Waals surface area (Å²) in [5, 5.41) is 26.6. The lowest BCUT2D eigenvalue weighted by Gasteiger charge is -2.70. The van der Waals surface area contributed by atoms with Crippen LogP contribution in [0.3, 0.4) is 0 Å². The van der Waals surface area contributed by atoms with Crippen molar-refractivity contribution in [3.8, 4) is 0 Å². The van der Waals surface area contributed by atoms with E-state index in [1.807, 2.05) is 0 Å². The van der Waals surface area contributed by atoms with Crippen LogP contribution >= 0.6 is 22.6 Å². The average molecular weight is 807 g/mol. The summed E-state index contributed by atoms with van der Waals surface area (Å²) in [6.07, 6.45) is 0.792. The maximum atomic E-state index is 14.2. The Morgan fingerprint density at radius 1 is 1.08 bits per heavy atom. The van der Waals surface area contributed by atoms with Crippen molar-refractivity contribution in [3.63, 3.8) is 0 Å². The number of anilines is 1. The van der Waals surface area contributed by atoms with Crippen LogP contribution in [0.4, 0.5) is 5.69 Å². The number of nitrogens with zero attached hydrogens (tertiary/aromatic N) is 2. The van der Waals surface area contributed by atoms with Crippen LogP contribution < -0.4 is 4.90 Å². The molecule has 1 unspecified atom stereocenters. The van der Waals surface area contributed by atoms with E-state index in [9.17, 15) is 24.6 Å². The zero-order chi connectivity index (χ0) is 35.7. The summed E-state index contributed by atoms with van der Waals surface area (Å²) in [6.45, 7) is 4.95. The second kappa shape index (κ2) is 11.9. The molecule has 1 aromatic rings. The van der Waals surface area contributed by atoms with Gasteiger partial charge in [0.2, 0.25) is 11.8 Å². The summed E-state index contributed by atoms with van der Waals surface area (Å²) in [4.78, 5) is 43.6. The molecule has 0 radical (unpaired) electrons. The molecule has 5 aliphatic carbocycles. The van der Waals surface area contributed by atoms with Gasteiger partial charge in [-0.2, -0.15) is 0 Å². The molecule has 7 bridgehead atoms. The molecule has 2 aliphatic heterocycles. The largest absolute Gasteiger partial charge is 0.461 e. The van der Waals surface area contributed by atoms with Crippen LogP contribution in [0.5, 0.6) is 0 Å². The van der Waals surface area contributed by atoms with Crippen LogP contribution in [0, 0.1) is 44.0 Å². The Morgan fingerprint density at radius 3 is 2.46 bits per heavy atom. The van der Waals surface area contributed by atoms with Crippen molar-refractivity contribution in [2.75, 3.05) is 53.0 Å². The maximum Gasteiger partial charge on any atom is 0.340 e. The topological polar surface area (TPSA) is 144 Å². The minimum Gasteiger partial charge on any atom is -0.461 e. The number of piperidine rings is 1. The van der Waals surface area contributed by atoms with Gasteiger partial charge in [-0.1, -0.05) is 13.8 Å². The number of hydrogen-bond donors (Lipinski definition) is 2. The number of fused-ring (bicyclic) bond motifs is 2. The number of hydrogen-bond acceptors (Lipinski definition) is 11. The maximum absolute atomic E-state index is 14.2. The van der Waals surface area contributed by atoms with E-state index in [-0.39, 0.29) is 84.5 Å². The third-order valence-electron chi connectivity index (χ3n) is 14.6. The fourth-order valence-corrected chi connectivity index (χ4v) is 13.7. The standard InChI is InChI=1S/C37H49IN2O10/c1-7-39-16-34(17-50-32(43)20-13-19(38)8-9-23(20)40-26(41)12-18(2)31(40)42)11-10-25(47-4)36-22-14-21-24(46-3)15-35(44,27(22)28(21)48-5)37(45,33(36)39)30(49-6)29(34)36/h8-9,13,18,21-22,24-25,27-30,33,44-45H,7,10-12,14-17H2,1-6H3/t18-,21+,22+,24-,25-,27+,28-,29?,30-,33-,34-,35+,36-,37-/m0/s1/i38-2. The number of rotatable bonds is 9. The van der Waals surface area contributed by atoms with Crippen LogP contribution in [0.15, 0.2) is 18.2 Å². The second-order valence-corrected chi connectivity index (χ2v) is 17.3. The van der Waals surface area contributed by atoms with Gasteiger partial charge >= 0.3 is 5.97 Å². The van der Waals surface area contributed by atoms with E-state index < -0.39 is 46.1 Å². The second-order valence-electron chi connectivity index (χ2n) is 16.1. The van der Waals surface area contributed by atoms with Crippen molar-refractivity contribution < 1.29 is 48.3 Å². The number of likely N-dealkylation sites (N-methyl/N-ethyl adjacent to an activating group) is 1. The van der Waals surface area contributed by atoms with E-state index in [1.54, 1.807) is 53.6 Å². The Balaban J connectivity index is 1.24. The zero-order valence-electron chi connectivity index (χ0n) is 29.6. The first-order valence-electron chi connectivity index (χ1n) is 18.0. The number of ether oxygens (including phenoxy) is 5. The number of esters is 1. The van der Waals surface area contributed by atoms with Crippen molar-refractivity contribution in [2.45, 2.75) is 87.6 Å². The van der Waals surface area contributed by atoms with Crippen LogP contribution in [0.25, 0.3) is 0 Å². The monoisotopic (exact) mass is 806 g/mol. The third kappa shape index (κ3) is 4.09. The van der Waals surface area contributed by atoms with Crippen LogP contribution in [-0.2, 0) is 33.3 Å². The number of carbonyl (C=O) groups excluding carboxylic acids is 3. The summed E-state index contributed by atoms with van der Waals surface area (Å²) in [5.74, 6) is -2.49. The Bertz CT molecular complexity index is 1610. The smallest absolute Gasteiger partial charge is 0.340 e. The summed E-state index contributed by atoms with van der Waals surface area (Å²) in [5.41, 5.74) is -4.18. The molecular formula is C37H49IN2O10. The van der Waals surface area contributed by atoms with Crippen molar-refractivity contribution in [2.24, 2.45) is 40.4 Å². The molecule has 2 amide bonds. The molecule has 274 valence electrons. The first kappa shape index (κ1) is 35.3. The lowest BCUT2D eigenvalue weighted by molar-refractivity contribution is -0.320. The molecule has 7 aliphatic rings. The lowest BCUT2D eigenvalue weighted by atomic mass is 9.42. The molecule has 0 aromatic heterocycles.